The summed E-state index contributed by atoms with van der Waals surface area (Å²) in [6.45, 7) is 6.22. The third-order valence-electron chi connectivity index (χ3n) is 2.83. The van der Waals surface area contributed by atoms with E-state index in [2.05, 4.69) is 24.1 Å². The molecule has 0 aliphatic heterocycles. The van der Waals surface area contributed by atoms with Gasteiger partial charge in [-0.25, -0.2) is 4.98 Å². The highest BCUT2D eigenvalue weighted by Gasteiger charge is 2.08. The molecule has 1 N–H and O–H groups in total. The number of nitrogens with zero attached hydrogens (tertiary/aromatic N) is 1. The first-order valence-corrected chi connectivity index (χ1v) is 7.42. The molecule has 0 bridgehead atoms. The van der Waals surface area contributed by atoms with Crippen molar-refractivity contribution in [2.75, 3.05) is 13.1 Å². The van der Waals surface area contributed by atoms with Crippen LogP contribution in [0.15, 0.2) is 28.8 Å². The smallest absolute Gasteiger partial charge is 0.196 e. The lowest BCUT2D eigenvalue weighted by molar-refractivity contribution is 0.483. The molecular weight excluding hydrogens is 295 g/mol. The number of halogens is 2. The zero-order valence-electron chi connectivity index (χ0n) is 11.6. The maximum absolute atomic E-state index is 6.00. The Bertz CT molecular complexity index is 567. The van der Waals surface area contributed by atoms with Gasteiger partial charge in [-0.05, 0) is 30.7 Å². The molecule has 3 nitrogen and oxygen atoms in total. The molecule has 108 valence electrons. The second-order valence-electron chi connectivity index (χ2n) is 5.10. The van der Waals surface area contributed by atoms with Gasteiger partial charge in [-0.2, -0.15) is 0 Å². The van der Waals surface area contributed by atoms with Gasteiger partial charge in [0.25, 0.3) is 0 Å². The van der Waals surface area contributed by atoms with E-state index in [1.54, 1.807) is 18.3 Å². The second-order valence-corrected chi connectivity index (χ2v) is 5.91. The minimum atomic E-state index is 0.515. The maximum atomic E-state index is 6.00. The normalized spacial score (nSPS) is 11.2. The van der Waals surface area contributed by atoms with Gasteiger partial charge in [-0.15, -0.1) is 0 Å². The van der Waals surface area contributed by atoms with Gasteiger partial charge in [0.15, 0.2) is 11.7 Å². The molecule has 0 aliphatic rings. The Morgan fingerprint density at radius 1 is 1.25 bits per heavy atom. The van der Waals surface area contributed by atoms with Gasteiger partial charge in [0, 0.05) is 18.5 Å². The Balaban J connectivity index is 1.96. The molecule has 0 atom stereocenters. The molecule has 0 fully saturated rings. The highest BCUT2D eigenvalue weighted by molar-refractivity contribution is 6.42. The van der Waals surface area contributed by atoms with Gasteiger partial charge in [-0.3, -0.25) is 0 Å². The van der Waals surface area contributed by atoms with Crippen LogP contribution in [0.25, 0.3) is 11.3 Å². The van der Waals surface area contributed by atoms with Crippen molar-refractivity contribution in [3.05, 3.63) is 40.3 Å². The zero-order chi connectivity index (χ0) is 14.5. The Hall–Kier alpha value is -1.03. The molecule has 0 saturated carbocycles. The van der Waals surface area contributed by atoms with Crippen molar-refractivity contribution in [2.45, 2.75) is 20.3 Å². The fourth-order valence-electron chi connectivity index (χ4n) is 1.79. The molecule has 1 heterocycles. The van der Waals surface area contributed by atoms with Crippen LogP contribution in [-0.4, -0.2) is 18.1 Å². The van der Waals surface area contributed by atoms with Crippen molar-refractivity contribution in [2.24, 2.45) is 5.92 Å². The summed E-state index contributed by atoms with van der Waals surface area (Å²) in [5.41, 5.74) is 0.883. The third-order valence-corrected chi connectivity index (χ3v) is 3.56. The molecule has 0 unspecified atom stereocenters. The second kappa shape index (κ2) is 7.11. The van der Waals surface area contributed by atoms with Gasteiger partial charge in [-0.1, -0.05) is 37.0 Å². The van der Waals surface area contributed by atoms with Crippen molar-refractivity contribution >= 4 is 23.2 Å². The summed E-state index contributed by atoms with van der Waals surface area (Å²) < 4.78 is 5.72. The molecule has 1 aromatic heterocycles. The van der Waals surface area contributed by atoms with Crippen LogP contribution in [0.1, 0.15) is 19.7 Å². The topological polar surface area (TPSA) is 38.1 Å². The number of aromatic nitrogens is 1. The van der Waals surface area contributed by atoms with Crippen LogP contribution in [0.4, 0.5) is 0 Å². The third kappa shape index (κ3) is 4.23. The summed E-state index contributed by atoms with van der Waals surface area (Å²) in [4.78, 5) is 4.28. The molecule has 0 amide bonds. The van der Waals surface area contributed by atoms with Crippen LogP contribution in [0.2, 0.25) is 10.0 Å². The monoisotopic (exact) mass is 312 g/mol. The van der Waals surface area contributed by atoms with Gasteiger partial charge in [0.1, 0.15) is 0 Å². The van der Waals surface area contributed by atoms with Crippen LogP contribution >= 0.6 is 23.2 Å². The number of oxazole rings is 1. The SMILES string of the molecule is CC(C)CNCCc1ncc(-c2ccc(Cl)c(Cl)c2)o1. The van der Waals surface area contributed by atoms with Crippen molar-refractivity contribution in [3.8, 4) is 11.3 Å². The molecule has 0 spiro atoms. The van der Waals surface area contributed by atoms with Gasteiger partial charge in [0.2, 0.25) is 0 Å². The van der Waals surface area contributed by atoms with Gasteiger partial charge >= 0.3 is 0 Å². The lowest BCUT2D eigenvalue weighted by atomic mass is 10.2. The number of benzene rings is 1. The summed E-state index contributed by atoms with van der Waals surface area (Å²) in [6.07, 6.45) is 2.49. The zero-order valence-corrected chi connectivity index (χ0v) is 13.1. The van der Waals surface area contributed by atoms with E-state index in [-0.39, 0.29) is 0 Å². The number of rotatable bonds is 6. The van der Waals surface area contributed by atoms with Crippen LogP contribution in [0, 0.1) is 5.92 Å². The Morgan fingerprint density at radius 3 is 2.75 bits per heavy atom. The Kier molecular flexibility index (Phi) is 5.46. The molecular formula is C15H18Cl2N2O. The average molecular weight is 313 g/mol. The van der Waals surface area contributed by atoms with Crippen LogP contribution in [0.5, 0.6) is 0 Å². The molecule has 1 aromatic carbocycles. The summed E-state index contributed by atoms with van der Waals surface area (Å²) >= 11 is 11.9. The predicted octanol–water partition coefficient (Wildman–Crippen LogP) is 4.44. The summed E-state index contributed by atoms with van der Waals surface area (Å²) in [7, 11) is 0. The quantitative estimate of drug-likeness (QED) is 0.801. The first kappa shape index (κ1) is 15.4. The van der Waals surface area contributed by atoms with E-state index < -0.39 is 0 Å². The van der Waals surface area contributed by atoms with E-state index in [0.29, 0.717) is 21.7 Å². The summed E-state index contributed by atoms with van der Waals surface area (Å²) in [5.74, 6) is 2.08. The lowest BCUT2D eigenvalue weighted by Crippen LogP contribution is -2.22. The first-order valence-electron chi connectivity index (χ1n) is 6.67. The molecule has 0 radical (unpaired) electrons. The summed E-state index contributed by atoms with van der Waals surface area (Å²) in [6, 6.07) is 5.41. The fraction of sp³-hybridized carbons (Fsp3) is 0.400. The highest BCUT2D eigenvalue weighted by atomic mass is 35.5. The maximum Gasteiger partial charge on any atom is 0.196 e. The predicted molar refractivity (Wildman–Crippen MR) is 83.4 cm³/mol. The molecule has 2 rings (SSSR count). The molecule has 0 aliphatic carbocycles. The Labute approximate surface area is 129 Å². The van der Waals surface area contributed by atoms with E-state index in [4.69, 9.17) is 27.6 Å². The highest BCUT2D eigenvalue weighted by Crippen LogP contribution is 2.28. The fourth-order valence-corrected chi connectivity index (χ4v) is 2.09. The van der Waals surface area contributed by atoms with Crippen molar-refractivity contribution in [3.63, 3.8) is 0 Å². The largest absolute Gasteiger partial charge is 0.441 e. The van der Waals surface area contributed by atoms with E-state index in [1.807, 2.05) is 6.07 Å². The van der Waals surface area contributed by atoms with E-state index in [0.717, 1.165) is 31.0 Å². The van der Waals surface area contributed by atoms with Crippen LogP contribution < -0.4 is 5.32 Å². The van der Waals surface area contributed by atoms with Crippen molar-refractivity contribution in [1.29, 1.82) is 0 Å². The molecule has 2 aromatic rings. The van der Waals surface area contributed by atoms with E-state index >= 15 is 0 Å². The molecule has 20 heavy (non-hydrogen) atoms. The van der Waals surface area contributed by atoms with Crippen LogP contribution in [0.3, 0.4) is 0 Å². The Morgan fingerprint density at radius 2 is 2.05 bits per heavy atom. The van der Waals surface area contributed by atoms with Gasteiger partial charge < -0.3 is 9.73 Å². The minimum absolute atomic E-state index is 0.515. The first-order chi connectivity index (χ1) is 9.56. The van der Waals surface area contributed by atoms with Crippen LogP contribution in [-0.2, 0) is 6.42 Å². The minimum Gasteiger partial charge on any atom is -0.441 e. The number of nitrogens with one attached hydrogen (secondary N) is 1. The van der Waals surface area contributed by atoms with Gasteiger partial charge in [0.05, 0.1) is 16.2 Å². The average Bonchev–Trinajstić information content (AvgIpc) is 2.86. The standard InChI is InChI=1S/C15H18Cl2N2O/c1-10(2)8-18-6-5-15-19-9-14(20-15)11-3-4-12(16)13(17)7-11/h3-4,7,9-10,18H,5-6,8H2,1-2H3. The summed E-state index contributed by atoms with van der Waals surface area (Å²) in [5, 5.41) is 4.41. The number of hydrogen-bond acceptors (Lipinski definition) is 3. The lowest BCUT2D eigenvalue weighted by Gasteiger charge is -2.05. The van der Waals surface area contributed by atoms with Crippen molar-refractivity contribution < 1.29 is 4.42 Å². The van der Waals surface area contributed by atoms with E-state index in [9.17, 15) is 0 Å². The van der Waals surface area contributed by atoms with E-state index in [1.165, 1.54) is 0 Å². The molecule has 5 heteroatoms. The number of hydrogen-bond donors (Lipinski definition) is 1. The molecule has 0 saturated heterocycles. The van der Waals surface area contributed by atoms with Crippen molar-refractivity contribution in [1.82, 2.24) is 10.3 Å².